The minimum absolute atomic E-state index is 0.115. The number of amidine groups is 1. The van der Waals surface area contributed by atoms with Gasteiger partial charge < -0.3 is 10.9 Å². The molecule has 0 fully saturated rings. The first kappa shape index (κ1) is 13.7. The summed E-state index contributed by atoms with van der Waals surface area (Å²) >= 11 is 11.7. The second-order valence-electron chi connectivity index (χ2n) is 4.06. The van der Waals surface area contributed by atoms with Crippen LogP contribution >= 0.6 is 23.2 Å². The number of nitrogens with two attached hydrogens (primary N) is 1. The van der Waals surface area contributed by atoms with Gasteiger partial charge in [-0.2, -0.15) is 0 Å². The molecule has 0 heterocycles. The van der Waals surface area contributed by atoms with Crippen molar-refractivity contribution in [1.82, 2.24) is 0 Å². The molecule has 0 aliphatic rings. The van der Waals surface area contributed by atoms with Crippen LogP contribution in [0.15, 0.2) is 53.7 Å². The fourth-order valence-corrected chi connectivity index (χ4v) is 2.15. The van der Waals surface area contributed by atoms with Crippen LogP contribution in [-0.2, 0) is 0 Å². The zero-order chi connectivity index (χ0) is 13.8. The summed E-state index contributed by atoms with van der Waals surface area (Å²) in [7, 11) is 0. The Morgan fingerprint density at radius 3 is 1.58 bits per heavy atom. The number of oxime groups is 1. The molecule has 2 aromatic rings. The maximum atomic E-state index is 8.95. The Labute approximate surface area is 121 Å². The summed E-state index contributed by atoms with van der Waals surface area (Å²) in [4.78, 5) is 0. The number of rotatable bonds is 3. The Bertz CT molecular complexity index is 534. The lowest BCUT2D eigenvalue weighted by molar-refractivity contribution is 0.316. The Balaban J connectivity index is 2.47. The predicted octanol–water partition coefficient (Wildman–Crippen LogP) is 3.87. The van der Waals surface area contributed by atoms with Gasteiger partial charge in [0.05, 0.1) is 5.92 Å². The van der Waals surface area contributed by atoms with Crippen molar-refractivity contribution in [1.29, 1.82) is 0 Å². The van der Waals surface area contributed by atoms with E-state index < -0.39 is 0 Å². The van der Waals surface area contributed by atoms with E-state index in [-0.39, 0.29) is 11.8 Å². The van der Waals surface area contributed by atoms with Gasteiger partial charge in [0, 0.05) is 10.0 Å². The zero-order valence-corrected chi connectivity index (χ0v) is 11.4. The third-order valence-electron chi connectivity index (χ3n) is 2.82. The first-order chi connectivity index (χ1) is 9.11. The van der Waals surface area contributed by atoms with Crippen LogP contribution in [0, 0.1) is 0 Å². The molecule has 19 heavy (non-hydrogen) atoms. The number of hydrogen-bond acceptors (Lipinski definition) is 2. The van der Waals surface area contributed by atoms with Crippen LogP contribution < -0.4 is 5.73 Å². The van der Waals surface area contributed by atoms with Gasteiger partial charge in [0.15, 0.2) is 5.84 Å². The third kappa shape index (κ3) is 3.19. The Morgan fingerprint density at radius 1 is 0.895 bits per heavy atom. The quantitative estimate of drug-likeness (QED) is 0.391. The SMILES string of the molecule is NC(=NO)C(c1ccc(Cl)cc1)c1ccc(Cl)cc1. The zero-order valence-electron chi connectivity index (χ0n) is 9.92. The monoisotopic (exact) mass is 294 g/mol. The maximum absolute atomic E-state index is 8.95. The summed E-state index contributed by atoms with van der Waals surface area (Å²) in [5, 5.41) is 13.3. The highest BCUT2D eigenvalue weighted by Gasteiger charge is 2.19. The van der Waals surface area contributed by atoms with Crippen LogP contribution in [0.5, 0.6) is 0 Å². The summed E-state index contributed by atoms with van der Waals surface area (Å²) in [5.74, 6) is -0.218. The van der Waals surface area contributed by atoms with Crippen molar-refractivity contribution in [2.45, 2.75) is 5.92 Å². The van der Waals surface area contributed by atoms with Crippen molar-refractivity contribution in [2.24, 2.45) is 10.9 Å². The first-order valence-corrected chi connectivity index (χ1v) is 6.35. The van der Waals surface area contributed by atoms with E-state index in [1.807, 2.05) is 24.3 Å². The molecule has 0 saturated carbocycles. The van der Waals surface area contributed by atoms with E-state index in [1.165, 1.54) is 0 Å². The van der Waals surface area contributed by atoms with Gasteiger partial charge >= 0.3 is 0 Å². The molecule has 0 aliphatic carbocycles. The van der Waals surface area contributed by atoms with Crippen LogP contribution in [-0.4, -0.2) is 11.0 Å². The lowest BCUT2D eigenvalue weighted by Crippen LogP contribution is -2.23. The van der Waals surface area contributed by atoms with Crippen molar-refractivity contribution in [3.8, 4) is 0 Å². The van der Waals surface area contributed by atoms with E-state index in [0.717, 1.165) is 11.1 Å². The number of nitrogens with zero attached hydrogens (tertiary/aromatic N) is 1. The van der Waals surface area contributed by atoms with E-state index in [1.54, 1.807) is 24.3 Å². The molecule has 3 N–H and O–H groups in total. The summed E-state index contributed by atoms with van der Waals surface area (Å²) in [5.41, 5.74) is 7.57. The first-order valence-electron chi connectivity index (χ1n) is 5.60. The lowest BCUT2D eigenvalue weighted by atomic mass is 9.90. The Hall–Kier alpha value is -1.71. The summed E-state index contributed by atoms with van der Waals surface area (Å²) < 4.78 is 0. The molecular weight excluding hydrogens is 283 g/mol. The van der Waals surface area contributed by atoms with Crippen molar-refractivity contribution in [3.05, 3.63) is 69.7 Å². The standard InChI is InChI=1S/C14H12Cl2N2O/c15-11-5-1-9(2-6-11)13(14(17)18-19)10-3-7-12(16)8-4-10/h1-8,13,19H,(H2,17,18). The predicted molar refractivity (Wildman–Crippen MR) is 78.2 cm³/mol. The number of hydrogen-bond donors (Lipinski definition) is 2. The molecule has 0 saturated heterocycles. The highest BCUT2D eigenvalue weighted by Crippen LogP contribution is 2.27. The molecular formula is C14H12Cl2N2O. The average Bonchev–Trinajstić information content (AvgIpc) is 2.43. The second-order valence-corrected chi connectivity index (χ2v) is 4.93. The molecule has 0 radical (unpaired) electrons. The maximum Gasteiger partial charge on any atom is 0.151 e. The molecule has 0 amide bonds. The van der Waals surface area contributed by atoms with Gasteiger partial charge in [0.1, 0.15) is 0 Å². The fraction of sp³-hybridized carbons (Fsp3) is 0.0714. The minimum atomic E-state index is -0.334. The van der Waals surface area contributed by atoms with Gasteiger partial charge in [-0.15, -0.1) is 0 Å². The van der Waals surface area contributed by atoms with Crippen molar-refractivity contribution in [3.63, 3.8) is 0 Å². The van der Waals surface area contributed by atoms with Crippen molar-refractivity contribution < 1.29 is 5.21 Å². The van der Waals surface area contributed by atoms with Gasteiger partial charge in [-0.25, -0.2) is 0 Å². The molecule has 3 nitrogen and oxygen atoms in total. The molecule has 2 rings (SSSR count). The van der Waals surface area contributed by atoms with Crippen molar-refractivity contribution >= 4 is 29.0 Å². The van der Waals surface area contributed by atoms with E-state index in [2.05, 4.69) is 5.16 Å². The van der Waals surface area contributed by atoms with E-state index in [9.17, 15) is 0 Å². The largest absolute Gasteiger partial charge is 0.409 e. The molecule has 0 aromatic heterocycles. The van der Waals surface area contributed by atoms with Crippen LogP contribution in [0.25, 0.3) is 0 Å². The second kappa shape index (κ2) is 5.95. The van der Waals surface area contributed by atoms with Crippen LogP contribution in [0.3, 0.4) is 0 Å². The Kier molecular flexibility index (Phi) is 4.30. The number of benzene rings is 2. The highest BCUT2D eigenvalue weighted by atomic mass is 35.5. The molecule has 0 atom stereocenters. The molecule has 5 heteroatoms. The van der Waals surface area contributed by atoms with Crippen molar-refractivity contribution in [2.75, 3.05) is 0 Å². The fourth-order valence-electron chi connectivity index (χ4n) is 1.90. The van der Waals surface area contributed by atoms with E-state index >= 15 is 0 Å². The topological polar surface area (TPSA) is 58.6 Å². The van der Waals surface area contributed by atoms with Gasteiger partial charge in [0.2, 0.25) is 0 Å². The van der Waals surface area contributed by atoms with E-state index in [4.69, 9.17) is 34.1 Å². The van der Waals surface area contributed by atoms with Crippen LogP contribution in [0.4, 0.5) is 0 Å². The summed E-state index contributed by atoms with van der Waals surface area (Å²) in [6.07, 6.45) is 0. The van der Waals surface area contributed by atoms with Crippen LogP contribution in [0.2, 0.25) is 10.0 Å². The normalized spacial score (nSPS) is 11.8. The third-order valence-corrected chi connectivity index (χ3v) is 3.32. The van der Waals surface area contributed by atoms with Gasteiger partial charge in [-0.3, -0.25) is 0 Å². The average molecular weight is 295 g/mol. The Morgan fingerprint density at radius 2 is 1.26 bits per heavy atom. The van der Waals surface area contributed by atoms with Gasteiger partial charge in [-0.05, 0) is 35.4 Å². The molecule has 0 spiro atoms. The van der Waals surface area contributed by atoms with Crippen LogP contribution in [0.1, 0.15) is 17.0 Å². The highest BCUT2D eigenvalue weighted by molar-refractivity contribution is 6.30. The summed E-state index contributed by atoms with van der Waals surface area (Å²) in [6, 6.07) is 14.5. The molecule has 2 aromatic carbocycles. The van der Waals surface area contributed by atoms with Gasteiger partial charge in [-0.1, -0.05) is 52.6 Å². The number of halogens is 2. The minimum Gasteiger partial charge on any atom is -0.409 e. The molecule has 0 bridgehead atoms. The molecule has 0 aliphatic heterocycles. The van der Waals surface area contributed by atoms with E-state index in [0.29, 0.717) is 10.0 Å². The smallest absolute Gasteiger partial charge is 0.151 e. The van der Waals surface area contributed by atoms with Gasteiger partial charge in [0.25, 0.3) is 0 Å². The summed E-state index contributed by atoms with van der Waals surface area (Å²) in [6.45, 7) is 0. The molecule has 98 valence electrons. The lowest BCUT2D eigenvalue weighted by Gasteiger charge is -2.16. The molecule has 0 unspecified atom stereocenters.